The van der Waals surface area contributed by atoms with Gasteiger partial charge in [0.15, 0.2) is 12.0 Å². The number of H-pyrrole nitrogens is 1. The SMILES string of the molecule is COc1cccc2cc(-c3ncc(C=O)o3)[nH]c12. The predicted octanol–water partition coefficient (Wildman–Crippen LogP) is 2.64. The Kier molecular flexibility index (Phi) is 2.37. The number of rotatable bonds is 3. The Morgan fingerprint density at radius 2 is 2.33 bits per heavy atom. The van der Waals surface area contributed by atoms with Crippen LogP contribution in [-0.4, -0.2) is 23.4 Å². The number of aromatic amines is 1. The molecule has 1 aromatic carbocycles. The molecule has 0 aliphatic carbocycles. The molecule has 0 bridgehead atoms. The maximum atomic E-state index is 10.6. The number of methoxy groups -OCH3 is 1. The smallest absolute Gasteiger partial charge is 0.243 e. The molecule has 0 spiro atoms. The summed E-state index contributed by atoms with van der Waals surface area (Å²) < 4.78 is 10.5. The van der Waals surface area contributed by atoms with E-state index in [9.17, 15) is 4.79 Å². The predicted molar refractivity (Wildman–Crippen MR) is 65.7 cm³/mol. The number of aldehydes is 1. The second-order valence-corrected chi connectivity index (χ2v) is 3.79. The van der Waals surface area contributed by atoms with Crippen molar-refractivity contribution in [1.29, 1.82) is 0 Å². The minimum Gasteiger partial charge on any atom is -0.495 e. The van der Waals surface area contributed by atoms with E-state index in [2.05, 4.69) is 9.97 Å². The molecular formula is C13H10N2O3. The fourth-order valence-electron chi connectivity index (χ4n) is 1.88. The first kappa shape index (κ1) is 10.6. The highest BCUT2D eigenvalue weighted by atomic mass is 16.5. The fourth-order valence-corrected chi connectivity index (χ4v) is 1.88. The molecule has 2 heterocycles. The molecule has 0 saturated heterocycles. The van der Waals surface area contributed by atoms with Gasteiger partial charge in [-0.2, -0.15) is 0 Å². The number of hydrogen-bond acceptors (Lipinski definition) is 4. The molecule has 5 nitrogen and oxygen atoms in total. The van der Waals surface area contributed by atoms with Crippen molar-refractivity contribution >= 4 is 17.2 Å². The zero-order chi connectivity index (χ0) is 12.5. The van der Waals surface area contributed by atoms with Gasteiger partial charge in [-0.15, -0.1) is 0 Å². The van der Waals surface area contributed by atoms with E-state index in [1.165, 1.54) is 6.20 Å². The van der Waals surface area contributed by atoms with Gasteiger partial charge in [0.1, 0.15) is 11.4 Å². The standard InChI is InChI=1S/C13H10N2O3/c1-17-11-4-2-3-8-5-10(15-12(8)11)13-14-6-9(7-16)18-13/h2-7,15H,1H3. The highest BCUT2D eigenvalue weighted by Crippen LogP contribution is 2.29. The summed E-state index contributed by atoms with van der Waals surface area (Å²) in [5, 5.41) is 0.996. The average molecular weight is 242 g/mol. The van der Waals surface area contributed by atoms with E-state index in [0.29, 0.717) is 17.9 Å². The highest BCUT2D eigenvalue weighted by molar-refractivity contribution is 5.89. The Bertz CT molecular complexity index is 712. The van der Waals surface area contributed by atoms with Crippen LogP contribution >= 0.6 is 0 Å². The molecule has 0 atom stereocenters. The molecule has 1 N–H and O–H groups in total. The van der Waals surface area contributed by atoms with Gasteiger partial charge in [0.2, 0.25) is 5.89 Å². The molecule has 0 amide bonds. The van der Waals surface area contributed by atoms with Crippen LogP contribution in [0.4, 0.5) is 0 Å². The number of aromatic nitrogens is 2. The number of ether oxygens (including phenoxy) is 1. The third-order valence-corrected chi connectivity index (χ3v) is 2.71. The lowest BCUT2D eigenvalue weighted by Crippen LogP contribution is -1.83. The average Bonchev–Trinajstić information content (AvgIpc) is 3.03. The molecule has 2 aromatic heterocycles. The molecule has 5 heteroatoms. The molecule has 0 unspecified atom stereocenters. The van der Waals surface area contributed by atoms with E-state index in [1.54, 1.807) is 7.11 Å². The van der Waals surface area contributed by atoms with Gasteiger partial charge in [0, 0.05) is 5.39 Å². The van der Waals surface area contributed by atoms with Gasteiger partial charge in [0.05, 0.1) is 18.8 Å². The first-order chi connectivity index (χ1) is 8.81. The Labute approximate surface area is 102 Å². The van der Waals surface area contributed by atoms with Crippen LogP contribution in [-0.2, 0) is 0 Å². The summed E-state index contributed by atoms with van der Waals surface area (Å²) in [7, 11) is 1.62. The van der Waals surface area contributed by atoms with Crippen molar-refractivity contribution < 1.29 is 13.9 Å². The van der Waals surface area contributed by atoms with E-state index < -0.39 is 0 Å². The summed E-state index contributed by atoms with van der Waals surface area (Å²) in [4.78, 5) is 17.8. The van der Waals surface area contributed by atoms with Crippen molar-refractivity contribution in [2.75, 3.05) is 7.11 Å². The van der Waals surface area contributed by atoms with Crippen LogP contribution < -0.4 is 4.74 Å². The zero-order valence-corrected chi connectivity index (χ0v) is 9.64. The number of para-hydroxylation sites is 1. The van der Waals surface area contributed by atoms with Crippen molar-refractivity contribution in [3.8, 4) is 17.3 Å². The summed E-state index contributed by atoms with van der Waals surface area (Å²) in [5.74, 6) is 1.34. The topological polar surface area (TPSA) is 68.1 Å². The normalized spacial score (nSPS) is 10.7. The molecular weight excluding hydrogens is 232 g/mol. The summed E-state index contributed by atoms with van der Waals surface area (Å²) in [6.45, 7) is 0. The molecule has 0 fully saturated rings. The molecule has 0 saturated carbocycles. The van der Waals surface area contributed by atoms with Crippen molar-refractivity contribution in [2.45, 2.75) is 0 Å². The van der Waals surface area contributed by atoms with Crippen LogP contribution in [0, 0.1) is 0 Å². The summed E-state index contributed by atoms with van der Waals surface area (Å²) in [6.07, 6.45) is 2.02. The van der Waals surface area contributed by atoms with Crippen molar-refractivity contribution in [1.82, 2.24) is 9.97 Å². The molecule has 0 radical (unpaired) electrons. The largest absolute Gasteiger partial charge is 0.495 e. The van der Waals surface area contributed by atoms with Crippen LogP contribution in [0.1, 0.15) is 10.6 Å². The lowest BCUT2D eigenvalue weighted by molar-refractivity contribution is 0.110. The summed E-state index contributed by atoms with van der Waals surface area (Å²) >= 11 is 0. The van der Waals surface area contributed by atoms with E-state index in [0.717, 1.165) is 16.7 Å². The number of hydrogen-bond donors (Lipinski definition) is 1. The van der Waals surface area contributed by atoms with Crippen molar-refractivity contribution in [2.24, 2.45) is 0 Å². The Morgan fingerprint density at radius 3 is 3.06 bits per heavy atom. The Balaban J connectivity index is 2.15. The Hall–Kier alpha value is -2.56. The van der Waals surface area contributed by atoms with E-state index in [-0.39, 0.29) is 5.76 Å². The summed E-state index contributed by atoms with van der Waals surface area (Å²) in [5.41, 5.74) is 1.59. The van der Waals surface area contributed by atoms with Gasteiger partial charge in [-0.25, -0.2) is 4.98 Å². The number of oxazole rings is 1. The van der Waals surface area contributed by atoms with Gasteiger partial charge >= 0.3 is 0 Å². The molecule has 0 aliphatic heterocycles. The summed E-state index contributed by atoms with van der Waals surface area (Å²) in [6, 6.07) is 7.64. The minimum atomic E-state index is 0.204. The Morgan fingerprint density at radius 1 is 1.44 bits per heavy atom. The molecule has 3 aromatic rings. The highest BCUT2D eigenvalue weighted by Gasteiger charge is 2.11. The van der Waals surface area contributed by atoms with Gasteiger partial charge in [-0.1, -0.05) is 12.1 Å². The monoisotopic (exact) mass is 242 g/mol. The maximum Gasteiger partial charge on any atom is 0.243 e. The molecule has 90 valence electrons. The third kappa shape index (κ3) is 1.57. The number of benzene rings is 1. The van der Waals surface area contributed by atoms with E-state index in [4.69, 9.17) is 9.15 Å². The van der Waals surface area contributed by atoms with Gasteiger partial charge in [-0.05, 0) is 12.1 Å². The fraction of sp³-hybridized carbons (Fsp3) is 0.0769. The molecule has 0 aliphatic rings. The zero-order valence-electron chi connectivity index (χ0n) is 9.64. The van der Waals surface area contributed by atoms with E-state index in [1.807, 2.05) is 24.3 Å². The second-order valence-electron chi connectivity index (χ2n) is 3.79. The third-order valence-electron chi connectivity index (χ3n) is 2.71. The number of carbonyl (C=O) groups excluding carboxylic acids is 1. The molecule has 18 heavy (non-hydrogen) atoms. The van der Waals surface area contributed by atoms with Crippen molar-refractivity contribution in [3.63, 3.8) is 0 Å². The van der Waals surface area contributed by atoms with Crippen LogP contribution in [0.15, 0.2) is 34.9 Å². The lowest BCUT2D eigenvalue weighted by atomic mass is 10.2. The van der Waals surface area contributed by atoms with Crippen LogP contribution in [0.2, 0.25) is 0 Å². The first-order valence-electron chi connectivity index (χ1n) is 5.39. The van der Waals surface area contributed by atoms with Crippen LogP contribution in [0.5, 0.6) is 5.75 Å². The number of nitrogens with zero attached hydrogens (tertiary/aromatic N) is 1. The van der Waals surface area contributed by atoms with Crippen LogP contribution in [0.25, 0.3) is 22.5 Å². The number of carbonyl (C=O) groups is 1. The second kappa shape index (κ2) is 4.03. The maximum absolute atomic E-state index is 10.6. The van der Waals surface area contributed by atoms with Gasteiger partial charge < -0.3 is 14.1 Å². The first-order valence-corrected chi connectivity index (χ1v) is 5.39. The molecule has 3 rings (SSSR count). The minimum absolute atomic E-state index is 0.204. The lowest BCUT2D eigenvalue weighted by Gasteiger charge is -1.99. The quantitative estimate of drug-likeness (QED) is 0.717. The van der Waals surface area contributed by atoms with Crippen LogP contribution in [0.3, 0.4) is 0 Å². The van der Waals surface area contributed by atoms with Gasteiger partial charge in [0.25, 0.3) is 0 Å². The number of nitrogens with one attached hydrogen (secondary N) is 1. The number of fused-ring (bicyclic) bond motifs is 1. The van der Waals surface area contributed by atoms with Crippen molar-refractivity contribution in [3.05, 3.63) is 36.2 Å². The van der Waals surface area contributed by atoms with Gasteiger partial charge in [-0.3, -0.25) is 4.79 Å². The van der Waals surface area contributed by atoms with E-state index >= 15 is 0 Å².